The van der Waals surface area contributed by atoms with Crippen molar-refractivity contribution in [3.05, 3.63) is 23.7 Å². The molecule has 0 radical (unpaired) electrons. The van der Waals surface area contributed by atoms with Crippen molar-refractivity contribution in [3.63, 3.8) is 0 Å². The van der Waals surface area contributed by atoms with Gasteiger partial charge >= 0.3 is 0 Å². The smallest absolute Gasteiger partial charge is 0.169 e. The van der Waals surface area contributed by atoms with Gasteiger partial charge in [0.15, 0.2) is 11.6 Å². The van der Waals surface area contributed by atoms with Crippen LogP contribution in [0, 0.1) is 0 Å². The number of nitrogen functional groups attached to an aromatic ring is 1. The number of hydrogen-bond donors (Lipinski definition) is 1. The highest BCUT2D eigenvalue weighted by molar-refractivity contribution is 5.35. The highest BCUT2D eigenvalue weighted by Gasteiger charge is 2.14. The van der Waals surface area contributed by atoms with Crippen LogP contribution in [0.2, 0.25) is 0 Å². The molecule has 15 heavy (non-hydrogen) atoms. The molecular formula is C9H13N5O. The zero-order valence-electron chi connectivity index (χ0n) is 8.71. The lowest BCUT2D eigenvalue weighted by Gasteiger charge is -2.07. The summed E-state index contributed by atoms with van der Waals surface area (Å²) < 4.78 is 6.74. The molecular weight excluding hydrogens is 194 g/mol. The van der Waals surface area contributed by atoms with Crippen LogP contribution in [0.15, 0.2) is 16.8 Å². The maximum atomic E-state index is 5.73. The van der Waals surface area contributed by atoms with Gasteiger partial charge in [0.25, 0.3) is 0 Å². The molecule has 80 valence electrons. The molecule has 0 aromatic carbocycles. The average Bonchev–Trinajstić information content (AvgIpc) is 2.76. The van der Waals surface area contributed by atoms with E-state index in [4.69, 9.17) is 10.3 Å². The Hall–Kier alpha value is -1.85. The largest absolute Gasteiger partial charge is 0.381 e. The van der Waals surface area contributed by atoms with Crippen molar-refractivity contribution in [2.75, 3.05) is 5.73 Å². The van der Waals surface area contributed by atoms with Crippen molar-refractivity contribution >= 4 is 5.82 Å². The zero-order valence-corrected chi connectivity index (χ0v) is 8.71. The van der Waals surface area contributed by atoms with Crippen molar-refractivity contribution in [2.24, 2.45) is 0 Å². The maximum absolute atomic E-state index is 5.73. The normalized spacial score (nSPS) is 11.1. The third-order valence-corrected chi connectivity index (χ3v) is 2.14. The van der Waals surface area contributed by atoms with Crippen LogP contribution in [0.3, 0.4) is 0 Å². The summed E-state index contributed by atoms with van der Waals surface area (Å²) in [7, 11) is 0. The van der Waals surface area contributed by atoms with E-state index in [1.807, 2.05) is 13.8 Å². The minimum absolute atomic E-state index is 0.280. The maximum Gasteiger partial charge on any atom is 0.169 e. The highest BCUT2D eigenvalue weighted by atomic mass is 16.5. The summed E-state index contributed by atoms with van der Waals surface area (Å²) >= 11 is 0. The predicted octanol–water partition coefficient (Wildman–Crippen LogP) is 1.02. The molecule has 0 bridgehead atoms. The average molecular weight is 207 g/mol. The van der Waals surface area contributed by atoms with Crippen LogP contribution in [-0.2, 0) is 6.54 Å². The summed E-state index contributed by atoms with van der Waals surface area (Å²) in [5.41, 5.74) is 6.65. The SMILES string of the molecule is CC(C)c1c(N)nnn1Cc1ccno1. The van der Waals surface area contributed by atoms with E-state index in [9.17, 15) is 0 Å². The van der Waals surface area contributed by atoms with E-state index in [-0.39, 0.29) is 5.92 Å². The molecule has 0 aliphatic heterocycles. The zero-order chi connectivity index (χ0) is 10.8. The van der Waals surface area contributed by atoms with Crippen molar-refractivity contribution in [1.82, 2.24) is 20.2 Å². The number of nitrogens with zero attached hydrogens (tertiary/aromatic N) is 4. The van der Waals surface area contributed by atoms with Gasteiger partial charge in [-0.1, -0.05) is 24.2 Å². The van der Waals surface area contributed by atoms with Crippen LogP contribution < -0.4 is 5.73 Å². The van der Waals surface area contributed by atoms with Crippen molar-refractivity contribution in [3.8, 4) is 0 Å². The Balaban J connectivity index is 2.29. The van der Waals surface area contributed by atoms with Gasteiger partial charge in [-0.05, 0) is 5.92 Å². The number of hydrogen-bond acceptors (Lipinski definition) is 5. The van der Waals surface area contributed by atoms with Crippen molar-refractivity contribution in [2.45, 2.75) is 26.3 Å². The third kappa shape index (κ3) is 1.83. The second-order valence-corrected chi connectivity index (χ2v) is 3.65. The van der Waals surface area contributed by atoms with E-state index >= 15 is 0 Å². The van der Waals surface area contributed by atoms with Crippen LogP contribution in [0.1, 0.15) is 31.2 Å². The van der Waals surface area contributed by atoms with Gasteiger partial charge in [0.1, 0.15) is 6.54 Å². The molecule has 0 saturated carbocycles. The highest BCUT2D eigenvalue weighted by Crippen LogP contribution is 2.19. The van der Waals surface area contributed by atoms with Crippen LogP contribution in [0.25, 0.3) is 0 Å². The van der Waals surface area contributed by atoms with Crippen LogP contribution in [0.5, 0.6) is 0 Å². The fourth-order valence-corrected chi connectivity index (χ4v) is 1.52. The fraction of sp³-hybridized carbons (Fsp3) is 0.444. The summed E-state index contributed by atoms with van der Waals surface area (Å²) in [6.07, 6.45) is 1.60. The lowest BCUT2D eigenvalue weighted by atomic mass is 10.1. The number of nitrogens with two attached hydrogens (primary N) is 1. The number of aromatic nitrogens is 4. The Bertz CT molecular complexity index is 431. The third-order valence-electron chi connectivity index (χ3n) is 2.14. The van der Waals surface area contributed by atoms with Gasteiger partial charge in [0, 0.05) is 6.07 Å². The molecule has 0 saturated heterocycles. The Morgan fingerprint density at radius 2 is 2.33 bits per heavy atom. The van der Waals surface area contributed by atoms with E-state index in [0.29, 0.717) is 12.4 Å². The van der Waals surface area contributed by atoms with Crippen molar-refractivity contribution in [1.29, 1.82) is 0 Å². The van der Waals surface area contributed by atoms with Gasteiger partial charge in [-0.3, -0.25) is 0 Å². The Kier molecular flexibility index (Phi) is 2.40. The Morgan fingerprint density at radius 1 is 1.53 bits per heavy atom. The van der Waals surface area contributed by atoms with E-state index in [0.717, 1.165) is 11.5 Å². The molecule has 2 rings (SSSR count). The van der Waals surface area contributed by atoms with Gasteiger partial charge in [-0.2, -0.15) is 0 Å². The summed E-state index contributed by atoms with van der Waals surface area (Å²) in [6, 6.07) is 1.79. The molecule has 2 aromatic rings. The Morgan fingerprint density at radius 3 is 2.93 bits per heavy atom. The summed E-state index contributed by atoms with van der Waals surface area (Å²) in [4.78, 5) is 0. The van der Waals surface area contributed by atoms with Gasteiger partial charge in [-0.15, -0.1) is 5.10 Å². The molecule has 0 unspecified atom stereocenters. The summed E-state index contributed by atoms with van der Waals surface area (Å²) in [5.74, 6) is 1.49. The van der Waals surface area contributed by atoms with Crippen LogP contribution >= 0.6 is 0 Å². The lowest BCUT2D eigenvalue weighted by molar-refractivity contribution is 0.367. The molecule has 2 heterocycles. The minimum atomic E-state index is 0.280. The molecule has 0 spiro atoms. The van der Waals surface area contributed by atoms with Gasteiger partial charge in [0.2, 0.25) is 0 Å². The van der Waals surface area contributed by atoms with Gasteiger partial charge in [0.05, 0.1) is 11.9 Å². The molecule has 0 fully saturated rings. The number of rotatable bonds is 3. The fourth-order valence-electron chi connectivity index (χ4n) is 1.52. The molecule has 0 atom stereocenters. The molecule has 0 aliphatic carbocycles. The number of anilines is 1. The molecule has 2 N–H and O–H groups in total. The first-order chi connectivity index (χ1) is 7.18. The molecule has 6 heteroatoms. The topological polar surface area (TPSA) is 82.8 Å². The second-order valence-electron chi connectivity index (χ2n) is 3.65. The lowest BCUT2D eigenvalue weighted by Crippen LogP contribution is -2.08. The summed E-state index contributed by atoms with van der Waals surface area (Å²) in [6.45, 7) is 4.61. The second kappa shape index (κ2) is 3.72. The van der Waals surface area contributed by atoms with Crippen molar-refractivity contribution < 1.29 is 4.52 Å². The van der Waals surface area contributed by atoms with Crippen LogP contribution in [-0.4, -0.2) is 20.2 Å². The first-order valence-corrected chi connectivity index (χ1v) is 4.77. The van der Waals surface area contributed by atoms with Gasteiger partial charge in [-0.25, -0.2) is 4.68 Å². The predicted molar refractivity (Wildman–Crippen MR) is 54.1 cm³/mol. The first-order valence-electron chi connectivity index (χ1n) is 4.77. The molecule has 2 aromatic heterocycles. The molecule has 0 aliphatic rings. The van der Waals surface area contributed by atoms with E-state index in [1.165, 1.54) is 0 Å². The minimum Gasteiger partial charge on any atom is -0.381 e. The quantitative estimate of drug-likeness (QED) is 0.812. The van der Waals surface area contributed by atoms with E-state index in [1.54, 1.807) is 16.9 Å². The first kappa shape index (κ1) is 9.70. The van der Waals surface area contributed by atoms with E-state index < -0.39 is 0 Å². The standard InChI is InChI=1S/C9H13N5O/c1-6(2)8-9(10)12-13-14(8)5-7-3-4-11-15-7/h3-4,6H,5,10H2,1-2H3. The Labute approximate surface area is 87.0 Å². The molecule has 6 nitrogen and oxygen atoms in total. The van der Waals surface area contributed by atoms with Crippen LogP contribution in [0.4, 0.5) is 5.82 Å². The molecule has 0 amide bonds. The monoisotopic (exact) mass is 207 g/mol. The summed E-state index contributed by atoms with van der Waals surface area (Å²) in [5, 5.41) is 11.4. The van der Waals surface area contributed by atoms with Gasteiger partial charge < -0.3 is 10.3 Å². The van der Waals surface area contributed by atoms with E-state index in [2.05, 4.69) is 15.5 Å².